The SMILES string of the molecule is CN(C)c1ccc(C#CC2=C[C@@H]3C[C@@]4(OC(=O)C=C24)[C@H]2CCCCN32)cc1. The van der Waals surface area contributed by atoms with E-state index in [0.29, 0.717) is 12.1 Å². The van der Waals surface area contributed by atoms with Gasteiger partial charge in [-0.1, -0.05) is 24.3 Å². The van der Waals surface area contributed by atoms with Crippen molar-refractivity contribution in [3.8, 4) is 11.8 Å². The van der Waals surface area contributed by atoms with Crippen molar-refractivity contribution in [3.05, 3.63) is 53.1 Å². The fraction of sp³-hybridized carbons (Fsp3) is 0.435. The molecular weight excluding hydrogens is 336 g/mol. The van der Waals surface area contributed by atoms with Crippen LogP contribution in [0, 0.1) is 11.8 Å². The Morgan fingerprint density at radius 2 is 2.00 bits per heavy atom. The summed E-state index contributed by atoms with van der Waals surface area (Å²) in [6.07, 6.45) is 8.37. The van der Waals surface area contributed by atoms with Crippen molar-refractivity contribution in [2.45, 2.75) is 43.4 Å². The number of piperidine rings is 1. The van der Waals surface area contributed by atoms with E-state index in [0.717, 1.165) is 41.8 Å². The Bertz CT molecular complexity index is 916. The highest BCUT2D eigenvalue weighted by atomic mass is 16.6. The number of carbonyl (C=O) groups excluding carboxylic acids is 1. The summed E-state index contributed by atoms with van der Waals surface area (Å²) in [6, 6.07) is 8.88. The van der Waals surface area contributed by atoms with Crippen molar-refractivity contribution < 1.29 is 9.53 Å². The monoisotopic (exact) mass is 360 g/mol. The van der Waals surface area contributed by atoms with Crippen LogP contribution in [0.2, 0.25) is 0 Å². The van der Waals surface area contributed by atoms with Crippen molar-refractivity contribution in [1.82, 2.24) is 4.90 Å². The van der Waals surface area contributed by atoms with Crippen LogP contribution >= 0.6 is 0 Å². The van der Waals surface area contributed by atoms with Gasteiger partial charge in [0, 0.05) is 55.0 Å². The molecule has 0 aromatic heterocycles. The van der Waals surface area contributed by atoms with E-state index in [1.54, 1.807) is 6.08 Å². The summed E-state index contributed by atoms with van der Waals surface area (Å²) in [7, 11) is 4.06. The molecule has 5 rings (SSSR count). The highest BCUT2D eigenvalue weighted by Gasteiger charge is 2.61. The van der Waals surface area contributed by atoms with Crippen LogP contribution in [0.1, 0.15) is 31.2 Å². The predicted octanol–water partition coefficient (Wildman–Crippen LogP) is 2.89. The molecule has 0 unspecified atom stereocenters. The normalized spacial score (nSPS) is 31.1. The van der Waals surface area contributed by atoms with Gasteiger partial charge in [0.15, 0.2) is 5.60 Å². The van der Waals surface area contributed by atoms with Gasteiger partial charge in [-0.25, -0.2) is 4.79 Å². The summed E-state index contributed by atoms with van der Waals surface area (Å²) < 4.78 is 5.95. The molecule has 1 spiro atoms. The van der Waals surface area contributed by atoms with Crippen LogP contribution in [0.4, 0.5) is 5.69 Å². The van der Waals surface area contributed by atoms with Gasteiger partial charge in [0.05, 0.1) is 6.04 Å². The standard InChI is InChI=1S/C23H24N2O2/c1-24(2)18-10-7-16(8-11-18)6-9-17-13-19-15-23(20(17)14-22(26)27-23)21-5-3-4-12-25(19)21/h7-8,10-11,13-14,19,21H,3-5,12,15H2,1-2H3/t19-,21-,23+/m1/s1. The van der Waals surface area contributed by atoms with Gasteiger partial charge in [0.1, 0.15) is 0 Å². The number of hydrogen-bond acceptors (Lipinski definition) is 4. The number of nitrogens with zero attached hydrogens (tertiary/aromatic N) is 2. The molecule has 4 nitrogen and oxygen atoms in total. The Morgan fingerprint density at radius 1 is 1.19 bits per heavy atom. The predicted molar refractivity (Wildman–Crippen MR) is 105 cm³/mol. The maximum atomic E-state index is 12.2. The van der Waals surface area contributed by atoms with E-state index in [-0.39, 0.29) is 5.97 Å². The first-order valence-corrected chi connectivity index (χ1v) is 9.79. The van der Waals surface area contributed by atoms with E-state index >= 15 is 0 Å². The Labute approximate surface area is 160 Å². The summed E-state index contributed by atoms with van der Waals surface area (Å²) >= 11 is 0. The molecule has 2 saturated heterocycles. The van der Waals surface area contributed by atoms with E-state index in [4.69, 9.17) is 4.74 Å². The molecule has 138 valence electrons. The van der Waals surface area contributed by atoms with E-state index < -0.39 is 5.60 Å². The zero-order valence-corrected chi connectivity index (χ0v) is 15.9. The second-order valence-electron chi connectivity index (χ2n) is 8.16. The lowest BCUT2D eigenvalue weighted by Crippen LogP contribution is -2.48. The van der Waals surface area contributed by atoms with Crippen LogP contribution in [0.15, 0.2) is 47.6 Å². The molecule has 2 bridgehead atoms. The van der Waals surface area contributed by atoms with Gasteiger partial charge in [0.25, 0.3) is 0 Å². The van der Waals surface area contributed by atoms with Crippen LogP contribution in [-0.2, 0) is 9.53 Å². The second kappa shape index (κ2) is 6.00. The van der Waals surface area contributed by atoms with Gasteiger partial charge in [-0.15, -0.1) is 0 Å². The topological polar surface area (TPSA) is 32.8 Å². The average molecular weight is 360 g/mol. The molecule has 2 fully saturated rings. The molecule has 1 aromatic carbocycles. The highest BCUT2D eigenvalue weighted by Crippen LogP contribution is 2.53. The molecule has 0 saturated carbocycles. The smallest absolute Gasteiger partial charge is 0.332 e. The van der Waals surface area contributed by atoms with Crippen LogP contribution < -0.4 is 4.90 Å². The maximum absolute atomic E-state index is 12.2. The zero-order valence-electron chi connectivity index (χ0n) is 15.9. The van der Waals surface area contributed by atoms with Crippen molar-refractivity contribution in [2.75, 3.05) is 25.5 Å². The first-order chi connectivity index (χ1) is 13.1. The van der Waals surface area contributed by atoms with Crippen LogP contribution in [-0.4, -0.2) is 49.2 Å². The summed E-state index contributed by atoms with van der Waals surface area (Å²) in [5.41, 5.74) is 3.66. The Morgan fingerprint density at radius 3 is 2.78 bits per heavy atom. The Hall–Kier alpha value is -2.51. The third-order valence-electron chi connectivity index (χ3n) is 6.40. The van der Waals surface area contributed by atoms with Gasteiger partial charge in [-0.2, -0.15) is 0 Å². The fourth-order valence-corrected chi connectivity index (χ4v) is 5.15. The molecule has 1 aromatic rings. The van der Waals surface area contributed by atoms with Crippen molar-refractivity contribution in [2.24, 2.45) is 0 Å². The lowest BCUT2D eigenvalue weighted by atomic mass is 9.77. The molecular formula is C23H24N2O2. The molecule has 0 amide bonds. The number of ether oxygens (including phenoxy) is 1. The van der Waals surface area contributed by atoms with Gasteiger partial charge in [-0.3, -0.25) is 4.90 Å². The first-order valence-electron chi connectivity index (χ1n) is 9.79. The molecule has 3 atom stereocenters. The fourth-order valence-electron chi connectivity index (χ4n) is 5.15. The second-order valence-corrected chi connectivity index (χ2v) is 8.16. The minimum absolute atomic E-state index is 0.207. The van der Waals surface area contributed by atoms with E-state index in [2.05, 4.69) is 39.8 Å². The number of esters is 1. The van der Waals surface area contributed by atoms with Gasteiger partial charge < -0.3 is 9.64 Å². The minimum atomic E-state index is -0.463. The molecule has 3 aliphatic heterocycles. The Kier molecular flexibility index (Phi) is 3.70. The van der Waals surface area contributed by atoms with Gasteiger partial charge >= 0.3 is 5.97 Å². The summed E-state index contributed by atoms with van der Waals surface area (Å²) in [4.78, 5) is 16.8. The highest BCUT2D eigenvalue weighted by molar-refractivity contribution is 5.90. The van der Waals surface area contributed by atoms with Gasteiger partial charge in [-0.05, 0) is 43.7 Å². The van der Waals surface area contributed by atoms with Gasteiger partial charge in [0.2, 0.25) is 0 Å². The summed E-state index contributed by atoms with van der Waals surface area (Å²) in [6.45, 7) is 1.09. The van der Waals surface area contributed by atoms with Crippen LogP contribution in [0.5, 0.6) is 0 Å². The van der Waals surface area contributed by atoms with Crippen molar-refractivity contribution >= 4 is 11.7 Å². The molecule has 0 N–H and O–H groups in total. The third kappa shape index (κ3) is 2.53. The molecule has 4 aliphatic rings. The number of carbonyl (C=O) groups is 1. The molecule has 4 heteroatoms. The summed E-state index contributed by atoms with van der Waals surface area (Å²) in [5.74, 6) is 6.44. The van der Waals surface area contributed by atoms with Crippen molar-refractivity contribution in [3.63, 3.8) is 0 Å². The number of rotatable bonds is 1. The Balaban J connectivity index is 1.50. The van der Waals surface area contributed by atoms with Crippen LogP contribution in [0.25, 0.3) is 0 Å². The number of fused-ring (bicyclic) bond motifs is 3. The number of anilines is 1. The van der Waals surface area contributed by atoms with Crippen molar-refractivity contribution in [1.29, 1.82) is 0 Å². The zero-order chi connectivity index (χ0) is 18.6. The lowest BCUT2D eigenvalue weighted by Gasteiger charge is -2.38. The van der Waals surface area contributed by atoms with Crippen LogP contribution in [0.3, 0.4) is 0 Å². The quantitative estimate of drug-likeness (QED) is 0.570. The molecule has 27 heavy (non-hydrogen) atoms. The van der Waals surface area contributed by atoms with E-state index in [1.807, 2.05) is 26.2 Å². The third-order valence-corrected chi connectivity index (χ3v) is 6.40. The molecule has 1 aliphatic carbocycles. The molecule has 0 radical (unpaired) electrons. The average Bonchev–Trinajstić information content (AvgIpc) is 3.15. The summed E-state index contributed by atoms with van der Waals surface area (Å²) in [5, 5.41) is 0. The number of hydrogen-bond donors (Lipinski definition) is 0. The first kappa shape index (κ1) is 16.6. The number of benzene rings is 1. The lowest BCUT2D eigenvalue weighted by molar-refractivity contribution is -0.148. The molecule has 3 heterocycles. The maximum Gasteiger partial charge on any atom is 0.332 e. The van der Waals surface area contributed by atoms with E-state index in [9.17, 15) is 4.79 Å². The minimum Gasteiger partial charge on any atom is -0.449 e. The van der Waals surface area contributed by atoms with E-state index in [1.165, 1.54) is 12.8 Å². The largest absolute Gasteiger partial charge is 0.449 e.